The number of hydrogen-bond donors (Lipinski definition) is 4. The molecule has 0 bridgehead atoms. The minimum Gasteiger partial charge on any atom is -0.480 e. The second-order valence-electron chi connectivity index (χ2n) is 22.5. The number of amides is 5. The summed E-state index contributed by atoms with van der Waals surface area (Å²) in [7, 11) is -3.62. The Morgan fingerprint density at radius 2 is 0.809 bits per heavy atom. The Kier molecular flexibility index (Phi) is 21.3. The van der Waals surface area contributed by atoms with Crippen LogP contribution in [-0.2, 0) is 63.5 Å². The molecule has 0 radical (unpaired) electrons. The number of nitrogens with one attached hydrogen (secondary N) is 3. The van der Waals surface area contributed by atoms with Crippen molar-refractivity contribution in [2.45, 2.75) is 69.3 Å². The van der Waals surface area contributed by atoms with E-state index in [2.05, 4.69) is 62.8 Å². The number of carboxylic acid groups (broad SMARTS) is 1. The van der Waals surface area contributed by atoms with E-state index in [4.69, 9.17) is 39.9 Å². The lowest BCUT2D eigenvalue weighted by Gasteiger charge is -2.42. The summed E-state index contributed by atoms with van der Waals surface area (Å²) in [5, 5.41) is 20.0. The van der Waals surface area contributed by atoms with Crippen molar-refractivity contribution in [3.8, 4) is 0 Å². The summed E-state index contributed by atoms with van der Waals surface area (Å²) in [6.45, 7) is 1.62. The maximum Gasteiger partial charge on any atom is 0.323 e. The quantitative estimate of drug-likeness (QED) is 0.0710. The number of carbonyl (C=O) groups is 6. The molecule has 11 rings (SSSR count). The van der Waals surface area contributed by atoms with Crippen molar-refractivity contribution in [1.82, 2.24) is 54.4 Å². The lowest BCUT2D eigenvalue weighted by molar-refractivity contribution is -0.145. The van der Waals surface area contributed by atoms with Crippen molar-refractivity contribution < 1.29 is 51.1 Å². The molecule has 94 heavy (non-hydrogen) atoms. The van der Waals surface area contributed by atoms with Crippen LogP contribution in [0.4, 0.5) is 8.78 Å². The highest BCUT2D eigenvalue weighted by molar-refractivity contribution is 9.10. The predicted molar refractivity (Wildman–Crippen MR) is 354 cm³/mol. The van der Waals surface area contributed by atoms with Crippen LogP contribution in [0, 0.1) is 0 Å². The second-order valence-corrected chi connectivity index (χ2v) is 27.6. The number of alkyl halides is 2. The SMILES string of the molecule is CC1(F)CN(C(=O)Cn2c(=O)c(C(=O)NCc3ccc(Cl)cc3)cc3cc(Br)cnc32)C1.CC1(F)CN(C(=O)Cn2c(=O)c(C(=O)NCc3ccc(Cl)cc3)cc3cc(S(C)(=O)=O)cnc32)C1.O=C(O)Cn1c(=O)c(C(=O)NCc2ccc(Cl)cc2)cc2cc(Br)cnc21. The molecule has 2 saturated heterocycles. The molecule has 0 saturated carbocycles. The zero-order valence-corrected chi connectivity index (χ0v) is 56.0. The number of fused-ring (bicyclic) bond motifs is 3. The molecule has 23 nitrogen and oxygen atoms in total. The Balaban J connectivity index is 0.000000167. The molecule has 9 aromatic rings. The third-order valence-corrected chi connectivity index (χ3v) is 17.3. The van der Waals surface area contributed by atoms with Gasteiger partial charge in [-0.15, -0.1) is 0 Å². The number of aliphatic carboxylic acids is 1. The fourth-order valence-electron chi connectivity index (χ4n) is 9.95. The van der Waals surface area contributed by atoms with Gasteiger partial charge in [-0.05, 0) is 135 Å². The van der Waals surface area contributed by atoms with Gasteiger partial charge in [-0.1, -0.05) is 71.2 Å². The van der Waals surface area contributed by atoms with Crippen LogP contribution >= 0.6 is 66.7 Å². The summed E-state index contributed by atoms with van der Waals surface area (Å²) in [4.78, 5) is 129. The molecule has 6 aromatic heterocycles. The first kappa shape index (κ1) is 69.5. The molecule has 2 fully saturated rings. The standard InChI is InChI=1S/C23H22ClFN4O5S.C22H19BrClFN4O3.C18H13BrClN3O4/c1-23(25)12-28(13-23)19(30)11-29-20-15(7-17(10-26-20)35(2,33)34)8-18(22(29)32)21(31)27-9-14-3-5-16(24)6-4-14;1-22(25)11-28(12-22)18(30)10-29-19-14(6-15(23)9-26-19)7-17(21(29)32)20(31)27-8-13-2-4-16(24)5-3-13;19-12-5-11-6-14(17(26)22-7-10-1-3-13(20)4-2-10)18(27)23(9-15(24)25)16(11)21-8-12/h3-8,10H,9,11-13H2,1-2H3,(H,27,31);2-7,9H,8,10-12H2,1H3,(H,27,31);1-6,8H,7,9H2,(H,22,26)(H,24,25). The zero-order valence-electron chi connectivity index (χ0n) is 49.8. The van der Waals surface area contributed by atoms with E-state index in [1.807, 2.05) is 0 Å². The number of benzene rings is 3. The lowest BCUT2D eigenvalue weighted by Crippen LogP contribution is -2.60. The Morgan fingerprint density at radius 3 is 1.11 bits per heavy atom. The topological polar surface area (TPSA) is 304 Å². The van der Waals surface area contributed by atoms with E-state index in [1.165, 1.54) is 60.3 Å². The third-order valence-electron chi connectivity index (χ3n) is 14.6. The van der Waals surface area contributed by atoms with Gasteiger partial charge in [0.2, 0.25) is 11.8 Å². The number of hydrogen-bond acceptors (Lipinski definition) is 14. The van der Waals surface area contributed by atoms with Crippen molar-refractivity contribution in [2.24, 2.45) is 0 Å². The van der Waals surface area contributed by atoms with Gasteiger partial charge in [-0.2, -0.15) is 0 Å². The van der Waals surface area contributed by atoms with Gasteiger partial charge < -0.3 is 30.9 Å². The third kappa shape index (κ3) is 17.1. The summed E-state index contributed by atoms with van der Waals surface area (Å²) in [5.41, 5.74) is -2.73. The lowest BCUT2D eigenvalue weighted by atomic mass is 9.99. The largest absolute Gasteiger partial charge is 0.480 e. The summed E-state index contributed by atoms with van der Waals surface area (Å²) in [5.74, 6) is -4.02. The highest BCUT2D eigenvalue weighted by atomic mass is 79.9. The number of aromatic nitrogens is 6. The Hall–Kier alpha value is -8.80. The number of nitrogens with zero attached hydrogens (tertiary/aromatic N) is 8. The van der Waals surface area contributed by atoms with E-state index in [9.17, 15) is 60.3 Å². The molecule has 2 aliphatic heterocycles. The van der Waals surface area contributed by atoms with E-state index < -0.39 is 86.4 Å². The summed E-state index contributed by atoms with van der Waals surface area (Å²) in [6.07, 6.45) is 5.05. The molecule has 5 amide bonds. The average molecular weight is 1490 g/mol. The minimum absolute atomic E-state index is 0.0290. The van der Waals surface area contributed by atoms with Crippen LogP contribution < -0.4 is 32.6 Å². The van der Waals surface area contributed by atoms with E-state index in [-0.39, 0.29) is 96.3 Å². The molecule has 488 valence electrons. The molecule has 31 heteroatoms. The molecule has 4 N–H and O–H groups in total. The van der Waals surface area contributed by atoms with Crippen LogP contribution in [0.15, 0.2) is 156 Å². The molecule has 3 aromatic carbocycles. The van der Waals surface area contributed by atoms with Crippen LogP contribution in [0.3, 0.4) is 0 Å². The molecule has 8 heterocycles. The number of likely N-dealkylation sites (tertiary alicyclic amines) is 2. The molecule has 0 unspecified atom stereocenters. The first-order valence-corrected chi connectivity index (χ1v) is 32.8. The Labute approximate surface area is 564 Å². The van der Waals surface area contributed by atoms with E-state index in [0.717, 1.165) is 42.8 Å². The number of carboxylic acids is 1. The van der Waals surface area contributed by atoms with Gasteiger partial charge in [0, 0.05) is 84.7 Å². The van der Waals surface area contributed by atoms with Crippen molar-refractivity contribution in [1.29, 1.82) is 0 Å². The Bertz CT molecular complexity index is 4820. The minimum atomic E-state index is -3.62. The molecule has 2 aliphatic rings. The van der Waals surface area contributed by atoms with E-state index in [0.29, 0.717) is 34.8 Å². The number of sulfone groups is 1. The van der Waals surface area contributed by atoms with Crippen molar-refractivity contribution in [3.05, 3.63) is 216 Å². The van der Waals surface area contributed by atoms with Crippen LogP contribution in [0.1, 0.15) is 61.6 Å². The van der Waals surface area contributed by atoms with Gasteiger partial charge in [0.05, 0.1) is 31.1 Å². The maximum atomic E-state index is 13.9. The van der Waals surface area contributed by atoms with Gasteiger partial charge in [0.15, 0.2) is 9.84 Å². The molecular weight excluding hydrogens is 1440 g/mol. The smallest absolute Gasteiger partial charge is 0.323 e. The number of halogens is 7. The van der Waals surface area contributed by atoms with Crippen molar-refractivity contribution in [3.63, 3.8) is 0 Å². The highest BCUT2D eigenvalue weighted by Crippen LogP contribution is 2.27. The normalized spacial score (nSPS) is 13.7. The van der Waals surface area contributed by atoms with Gasteiger partial charge in [-0.25, -0.2) is 32.2 Å². The monoisotopic (exact) mass is 1490 g/mol. The summed E-state index contributed by atoms with van der Waals surface area (Å²) < 4.78 is 56.1. The van der Waals surface area contributed by atoms with E-state index in [1.54, 1.807) is 84.9 Å². The van der Waals surface area contributed by atoms with Gasteiger partial charge in [0.25, 0.3) is 34.4 Å². The van der Waals surface area contributed by atoms with Crippen LogP contribution in [0.25, 0.3) is 33.1 Å². The highest BCUT2D eigenvalue weighted by Gasteiger charge is 2.43. The summed E-state index contributed by atoms with van der Waals surface area (Å²) in [6, 6.07) is 29.4. The van der Waals surface area contributed by atoms with Gasteiger partial charge in [-0.3, -0.25) is 56.9 Å². The van der Waals surface area contributed by atoms with Gasteiger partial charge >= 0.3 is 5.97 Å². The number of rotatable bonds is 16. The first-order valence-electron chi connectivity index (χ1n) is 28.2. The Morgan fingerprint density at radius 1 is 0.511 bits per heavy atom. The van der Waals surface area contributed by atoms with Crippen molar-refractivity contribution >= 4 is 145 Å². The van der Waals surface area contributed by atoms with Gasteiger partial charge in [0.1, 0.15) is 64.6 Å². The number of pyridine rings is 6. The van der Waals surface area contributed by atoms with E-state index >= 15 is 0 Å². The number of carbonyl (C=O) groups excluding carboxylic acids is 5. The molecular formula is C63H54Br2Cl3F2N11O12S. The van der Waals surface area contributed by atoms with Crippen molar-refractivity contribution in [2.75, 3.05) is 32.4 Å². The van der Waals surface area contributed by atoms with Crippen LogP contribution in [0.2, 0.25) is 15.1 Å². The fraction of sp³-hybridized carbons (Fsp3) is 0.238. The maximum absolute atomic E-state index is 13.9. The molecule has 0 aliphatic carbocycles. The zero-order chi connectivity index (χ0) is 68.1. The van der Waals surface area contributed by atoms with Crippen LogP contribution in [0.5, 0.6) is 0 Å². The van der Waals surface area contributed by atoms with Crippen LogP contribution in [-0.4, -0.2) is 131 Å². The predicted octanol–water partition coefficient (Wildman–Crippen LogP) is 8.09. The fourth-order valence-corrected chi connectivity index (χ4v) is 11.6. The average Bonchev–Trinajstić information content (AvgIpc) is 0.780. The second kappa shape index (κ2) is 28.8. The summed E-state index contributed by atoms with van der Waals surface area (Å²) >= 11 is 24.2. The molecule has 0 spiro atoms. The molecule has 0 atom stereocenters. The first-order chi connectivity index (χ1) is 44.3.